The van der Waals surface area contributed by atoms with Crippen LogP contribution in [0, 0.1) is 0 Å². The second-order valence-corrected chi connectivity index (χ2v) is 14.9. The number of hydrogen-bond donors (Lipinski definition) is 0. The summed E-state index contributed by atoms with van der Waals surface area (Å²) in [6, 6.07) is 63.0. The average molecular weight is 691 g/mol. The van der Waals surface area contributed by atoms with Gasteiger partial charge in [-0.15, -0.1) is 0 Å². The van der Waals surface area contributed by atoms with E-state index >= 15 is 0 Å². The summed E-state index contributed by atoms with van der Waals surface area (Å²) < 4.78 is 2.46. The summed E-state index contributed by atoms with van der Waals surface area (Å²) in [5.41, 5.74) is 14.0. The van der Waals surface area contributed by atoms with Crippen molar-refractivity contribution in [1.82, 2.24) is 4.57 Å². The Kier molecular flexibility index (Phi) is 7.23. The number of fused-ring (bicyclic) bond motifs is 10. The van der Waals surface area contributed by atoms with Crippen LogP contribution < -0.4 is 0 Å². The number of nitrogens with zero attached hydrogens (tertiary/aromatic N) is 2. The fourth-order valence-corrected chi connectivity index (χ4v) is 9.34. The van der Waals surface area contributed by atoms with E-state index in [0.717, 1.165) is 37.2 Å². The zero-order chi connectivity index (χ0) is 35.6. The molecule has 0 radical (unpaired) electrons. The Morgan fingerprint density at radius 3 is 2.17 bits per heavy atom. The van der Waals surface area contributed by atoms with E-state index in [9.17, 15) is 0 Å². The summed E-state index contributed by atoms with van der Waals surface area (Å²) in [6.45, 7) is 0. The summed E-state index contributed by atoms with van der Waals surface area (Å²) in [5, 5.41) is 7.56. The maximum atomic E-state index is 5.65. The van der Waals surface area contributed by atoms with Crippen LogP contribution >= 0.6 is 0 Å². The van der Waals surface area contributed by atoms with E-state index in [0.29, 0.717) is 0 Å². The number of aryl methyl sites for hydroxylation is 2. The third kappa shape index (κ3) is 4.98. The lowest BCUT2D eigenvalue weighted by atomic mass is 9.85. The van der Waals surface area contributed by atoms with Gasteiger partial charge in [0, 0.05) is 22.3 Å². The number of para-hydroxylation sites is 1. The van der Waals surface area contributed by atoms with Gasteiger partial charge in [-0.05, 0) is 117 Å². The summed E-state index contributed by atoms with van der Waals surface area (Å²) >= 11 is 0. The smallest absolute Gasteiger partial charge is 0.145 e. The molecular formula is C52H38N2. The van der Waals surface area contributed by atoms with Crippen LogP contribution in [-0.4, -0.2) is 10.4 Å². The van der Waals surface area contributed by atoms with Gasteiger partial charge in [0.05, 0.1) is 16.7 Å². The Morgan fingerprint density at radius 2 is 1.24 bits per heavy atom. The Balaban J connectivity index is 1.19. The van der Waals surface area contributed by atoms with E-state index in [1.807, 2.05) is 0 Å². The van der Waals surface area contributed by atoms with E-state index < -0.39 is 0 Å². The fraction of sp³-hybridized carbons (Fsp3) is 0.0962. The topological polar surface area (TPSA) is 17.3 Å². The van der Waals surface area contributed by atoms with Crippen LogP contribution in [0.5, 0.6) is 0 Å². The molecule has 0 saturated heterocycles. The Bertz CT molecular complexity index is 3010. The second-order valence-electron chi connectivity index (χ2n) is 14.9. The first-order valence-electron chi connectivity index (χ1n) is 19.3. The molecule has 1 aliphatic carbocycles. The van der Waals surface area contributed by atoms with Crippen molar-refractivity contribution in [3.63, 3.8) is 0 Å². The first kappa shape index (κ1) is 31.1. The third-order valence-electron chi connectivity index (χ3n) is 11.9. The Labute approximate surface area is 315 Å². The Hall–Kier alpha value is -6.51. The molecule has 54 heavy (non-hydrogen) atoms. The molecule has 11 rings (SSSR count). The molecular weight excluding hydrogens is 653 g/mol. The first-order valence-corrected chi connectivity index (χ1v) is 19.3. The lowest BCUT2D eigenvalue weighted by Crippen LogP contribution is -2.15. The minimum atomic E-state index is 0.282. The highest BCUT2D eigenvalue weighted by Gasteiger charge is 2.26. The third-order valence-corrected chi connectivity index (χ3v) is 11.9. The summed E-state index contributed by atoms with van der Waals surface area (Å²) in [7, 11) is 0. The zero-order valence-corrected chi connectivity index (χ0v) is 30.0. The predicted octanol–water partition coefficient (Wildman–Crippen LogP) is 13.5. The van der Waals surface area contributed by atoms with Crippen LogP contribution in [-0.2, 0) is 12.8 Å². The van der Waals surface area contributed by atoms with Gasteiger partial charge in [-0.3, -0.25) is 4.57 Å². The zero-order valence-electron chi connectivity index (χ0n) is 30.0. The van der Waals surface area contributed by atoms with Gasteiger partial charge >= 0.3 is 0 Å². The van der Waals surface area contributed by atoms with Crippen LogP contribution in [0.1, 0.15) is 46.6 Å². The molecule has 0 fully saturated rings. The van der Waals surface area contributed by atoms with E-state index in [2.05, 4.69) is 181 Å². The predicted molar refractivity (Wildman–Crippen MR) is 228 cm³/mol. The minimum Gasteiger partial charge on any atom is -0.293 e. The van der Waals surface area contributed by atoms with Crippen LogP contribution in [0.3, 0.4) is 0 Å². The molecule has 1 aromatic heterocycles. The molecule has 2 nitrogen and oxygen atoms in total. The van der Waals surface area contributed by atoms with Gasteiger partial charge in [-0.1, -0.05) is 146 Å². The normalized spacial score (nSPS) is 17.4. The van der Waals surface area contributed by atoms with Gasteiger partial charge in [-0.2, -0.15) is 0 Å². The summed E-state index contributed by atoms with van der Waals surface area (Å²) in [5.74, 6) is 1.25. The monoisotopic (exact) mass is 690 g/mol. The number of benzene rings is 8. The fourth-order valence-electron chi connectivity index (χ4n) is 9.34. The molecule has 256 valence electrons. The SMILES string of the molecule is C1=C(c2ccc3ccccc3c2)\C(n2c3ccc(C4CCc5ccccc5-c5ccccc54)cc3c3c4ccccc4ccc32)=N/c2ccccc2CC/1. The van der Waals surface area contributed by atoms with Gasteiger partial charge in [-0.25, -0.2) is 4.99 Å². The highest BCUT2D eigenvalue weighted by Crippen LogP contribution is 2.44. The molecule has 1 aliphatic heterocycles. The molecule has 8 aromatic carbocycles. The molecule has 0 bridgehead atoms. The van der Waals surface area contributed by atoms with Crippen LogP contribution in [0.2, 0.25) is 0 Å². The molecule has 1 unspecified atom stereocenters. The van der Waals surface area contributed by atoms with E-state index in [1.165, 1.54) is 87.9 Å². The minimum absolute atomic E-state index is 0.282. The molecule has 0 saturated carbocycles. The van der Waals surface area contributed by atoms with Crippen molar-refractivity contribution < 1.29 is 0 Å². The molecule has 0 N–H and O–H groups in total. The van der Waals surface area contributed by atoms with Crippen molar-refractivity contribution in [3.05, 3.63) is 204 Å². The standard InChI is InChI=1S/C52H38N2/c1-2-16-38-32-39(25-24-34(38)12-1)44-22-11-17-37-15-5-10-23-48(37)53-52(44)54-49-30-28-40(33-47(49)51-43-19-7-4-14-36(43)27-31-50(51)54)42-29-26-35-13-3-6-18-41(35)45-20-8-9-21-46(42)45/h1-10,12-16,18-25,27-28,30-33,42H,11,17,26,29H2/b44-22-,53-52+. The van der Waals surface area contributed by atoms with E-state index in [-0.39, 0.29) is 5.92 Å². The van der Waals surface area contributed by atoms with Gasteiger partial charge in [0.15, 0.2) is 0 Å². The van der Waals surface area contributed by atoms with E-state index in [1.54, 1.807) is 0 Å². The first-order chi connectivity index (χ1) is 26.8. The second kappa shape index (κ2) is 12.6. The molecule has 2 heteroatoms. The van der Waals surface area contributed by atoms with Crippen molar-refractivity contribution in [3.8, 4) is 11.1 Å². The van der Waals surface area contributed by atoms with Crippen molar-refractivity contribution in [2.24, 2.45) is 4.99 Å². The molecule has 1 atom stereocenters. The van der Waals surface area contributed by atoms with Crippen molar-refractivity contribution in [1.29, 1.82) is 0 Å². The van der Waals surface area contributed by atoms with E-state index in [4.69, 9.17) is 4.99 Å². The van der Waals surface area contributed by atoms with Gasteiger partial charge in [0.1, 0.15) is 5.84 Å². The number of aliphatic imine (C=N–C) groups is 1. The summed E-state index contributed by atoms with van der Waals surface area (Å²) in [4.78, 5) is 5.65. The van der Waals surface area contributed by atoms with Gasteiger partial charge < -0.3 is 0 Å². The van der Waals surface area contributed by atoms with Crippen molar-refractivity contribution in [2.75, 3.05) is 0 Å². The maximum Gasteiger partial charge on any atom is 0.145 e. The maximum absolute atomic E-state index is 5.65. The highest BCUT2D eigenvalue weighted by molar-refractivity contribution is 6.32. The van der Waals surface area contributed by atoms with Crippen molar-refractivity contribution in [2.45, 2.75) is 31.6 Å². The lowest BCUT2D eigenvalue weighted by Gasteiger charge is -2.20. The number of hydrogen-bond acceptors (Lipinski definition) is 1. The molecule has 2 aliphatic rings. The molecule has 2 heterocycles. The van der Waals surface area contributed by atoms with Gasteiger partial charge in [0.2, 0.25) is 0 Å². The van der Waals surface area contributed by atoms with Crippen LogP contribution in [0.4, 0.5) is 5.69 Å². The molecule has 9 aromatic rings. The summed E-state index contributed by atoms with van der Waals surface area (Å²) in [6.07, 6.45) is 6.43. The molecule has 0 amide bonds. The number of rotatable bonds is 2. The number of aromatic nitrogens is 1. The Morgan fingerprint density at radius 1 is 0.519 bits per heavy atom. The van der Waals surface area contributed by atoms with Crippen molar-refractivity contribution >= 4 is 60.4 Å². The lowest BCUT2D eigenvalue weighted by molar-refractivity contribution is 0.727. The quantitative estimate of drug-likeness (QED) is 0.172. The number of allylic oxidation sites excluding steroid dienone is 2. The largest absolute Gasteiger partial charge is 0.293 e. The van der Waals surface area contributed by atoms with Gasteiger partial charge in [0.25, 0.3) is 0 Å². The molecule has 0 spiro atoms. The highest BCUT2D eigenvalue weighted by atomic mass is 15.1. The average Bonchev–Trinajstić information content (AvgIpc) is 3.45. The van der Waals surface area contributed by atoms with Crippen LogP contribution in [0.15, 0.2) is 181 Å². The van der Waals surface area contributed by atoms with Crippen LogP contribution in [0.25, 0.3) is 60.1 Å².